The molecule has 77 heavy (non-hydrogen) atoms. The highest BCUT2D eigenvalue weighted by Crippen LogP contribution is 2.60. The number of fused-ring (bicyclic) bond motifs is 8. The number of benzene rings is 4. The molecule has 19 nitrogen and oxygen atoms in total. The van der Waals surface area contributed by atoms with Crippen LogP contribution >= 0.6 is 0 Å². The number of methoxy groups -OCH3 is 1. The topological polar surface area (TPSA) is 266 Å². The van der Waals surface area contributed by atoms with Crippen molar-refractivity contribution >= 4 is 41.0 Å². The summed E-state index contributed by atoms with van der Waals surface area (Å²) < 4.78 is 30.7. The number of rotatable bonds is 5. The highest BCUT2D eigenvalue weighted by atomic mass is 16.5. The van der Waals surface area contributed by atoms with Crippen LogP contribution in [-0.2, 0) is 42.8 Å². The monoisotopic (exact) mass is 1050 g/mol. The first-order chi connectivity index (χ1) is 36.6. The Bertz CT molecular complexity index is 3430. The molecule has 0 saturated carbocycles. The number of carboxylic acids is 1. The number of esters is 1. The molecule has 3 amide bonds. The van der Waals surface area contributed by atoms with Gasteiger partial charge in [0.25, 0.3) is 5.91 Å². The maximum Gasteiger partial charge on any atom is 0.358 e. The van der Waals surface area contributed by atoms with Crippen LogP contribution in [0.2, 0.25) is 0 Å². The van der Waals surface area contributed by atoms with E-state index in [9.17, 15) is 34.2 Å². The molecule has 0 aliphatic carbocycles. The number of aliphatic hydroxyl groups is 1. The van der Waals surface area contributed by atoms with Gasteiger partial charge < -0.3 is 59.8 Å². The van der Waals surface area contributed by atoms with E-state index in [-0.39, 0.29) is 58.3 Å². The van der Waals surface area contributed by atoms with E-state index in [0.29, 0.717) is 24.3 Å². The summed E-state index contributed by atoms with van der Waals surface area (Å²) in [5.74, 6) is -1.75. The van der Waals surface area contributed by atoms with E-state index in [1.165, 1.54) is 7.11 Å². The van der Waals surface area contributed by atoms with Gasteiger partial charge in [0.2, 0.25) is 23.6 Å². The van der Waals surface area contributed by atoms with Crippen molar-refractivity contribution in [2.24, 2.45) is 22.7 Å². The minimum absolute atomic E-state index is 0.0893. The van der Waals surface area contributed by atoms with Gasteiger partial charge in [-0.3, -0.25) is 14.4 Å². The van der Waals surface area contributed by atoms with Crippen LogP contribution in [0.5, 0.6) is 11.5 Å². The largest absolute Gasteiger partial charge is 0.476 e. The third kappa shape index (κ3) is 7.98. The molecule has 8 heterocycles. The number of carboxylic acid groups (broad SMARTS) is 1. The number of oxazole rings is 2. The van der Waals surface area contributed by atoms with Crippen LogP contribution in [0.4, 0.5) is 11.4 Å². The second kappa shape index (κ2) is 18.2. The maximum absolute atomic E-state index is 14.0. The van der Waals surface area contributed by atoms with Crippen molar-refractivity contribution in [2.45, 2.75) is 110 Å². The van der Waals surface area contributed by atoms with Gasteiger partial charge in [-0.1, -0.05) is 116 Å². The Morgan fingerprint density at radius 2 is 1.12 bits per heavy atom. The van der Waals surface area contributed by atoms with Crippen molar-refractivity contribution in [1.82, 2.24) is 25.9 Å². The highest BCUT2D eigenvalue weighted by Gasteiger charge is 2.63. The minimum Gasteiger partial charge on any atom is -0.476 e. The van der Waals surface area contributed by atoms with Crippen LogP contribution in [0.15, 0.2) is 93.8 Å². The summed E-state index contributed by atoms with van der Waals surface area (Å²) in [6.45, 7) is 14.8. The number of hydrogen-bond acceptors (Lipinski definition) is 15. The number of nitrogens with zero attached hydrogens (tertiary/aromatic N) is 2. The summed E-state index contributed by atoms with van der Waals surface area (Å²) >= 11 is 0. The number of anilines is 2. The van der Waals surface area contributed by atoms with Crippen molar-refractivity contribution in [3.05, 3.63) is 153 Å². The van der Waals surface area contributed by atoms with E-state index in [2.05, 4.69) is 31.6 Å². The third-order valence-electron chi connectivity index (χ3n) is 15.7. The molecule has 7 N–H and O–H groups in total. The van der Waals surface area contributed by atoms with Gasteiger partial charge >= 0.3 is 11.9 Å². The standard InChI is InChI=1S/C31H34N4O7.C27H27N3O5/c1-15-12-16-10-11-21-18(13-16)31(17-8-6-7-9-19(17)33-29(31)41-21)24-22(26(38)32-20(14-36)28(39)40-5)34-27(42-24)23(30(2,3)4)35-25(15)37;1-13-11-14-9-10-18-16(12-14)27(15-7-5-6-8-17(15)28-25(27)34-18)21-19(24(32)33)29-23(35-21)20(26(2,3)4)30-22(13)31/h6-11,13,15,20,23,29,33,36H,12,14H2,1-5H3,(H,32,38)(H,35,37);5-10,12-13,20,25,28H,11H2,1-4H3,(H,30,31)(H,32,33)/t15-,20-,23+,29+,31-;13-,20+,25+,27-/m00/s1. The molecule has 0 saturated heterocycles. The van der Waals surface area contributed by atoms with E-state index >= 15 is 0 Å². The Labute approximate surface area is 443 Å². The normalized spacial score (nSPS) is 25.4. The van der Waals surface area contributed by atoms with Crippen molar-refractivity contribution in [3.63, 3.8) is 0 Å². The Morgan fingerprint density at radius 3 is 1.55 bits per heavy atom. The Hall–Kier alpha value is -8.19. The van der Waals surface area contributed by atoms with Crippen molar-refractivity contribution < 1.29 is 57.2 Å². The summed E-state index contributed by atoms with van der Waals surface area (Å²) in [5.41, 5.74) is 3.35. The number of aliphatic hydroxyl groups excluding tert-OH is 1. The average Bonchev–Trinajstić information content (AvgIpc) is 4.27. The molecular formula is C58H61N7O12. The first-order valence-corrected chi connectivity index (χ1v) is 25.8. The smallest absolute Gasteiger partial charge is 0.358 e. The number of hydrogen-bond donors (Lipinski definition) is 7. The number of para-hydroxylation sites is 2. The molecule has 2 aromatic heterocycles. The van der Waals surface area contributed by atoms with E-state index in [1.807, 2.05) is 140 Å². The predicted octanol–water partition coefficient (Wildman–Crippen LogP) is 7.06. The van der Waals surface area contributed by atoms with Crippen LogP contribution in [0.3, 0.4) is 0 Å². The lowest BCUT2D eigenvalue weighted by atomic mass is 9.72. The lowest BCUT2D eigenvalue weighted by molar-refractivity contribution is -0.143. The first-order valence-electron chi connectivity index (χ1n) is 25.8. The maximum atomic E-state index is 14.0. The molecule has 19 heteroatoms. The van der Waals surface area contributed by atoms with Crippen LogP contribution in [0, 0.1) is 22.7 Å². The van der Waals surface area contributed by atoms with E-state index in [0.717, 1.165) is 44.8 Å². The summed E-state index contributed by atoms with van der Waals surface area (Å²) in [6.07, 6.45) is -0.260. The lowest BCUT2D eigenvalue weighted by Crippen LogP contribution is -2.46. The molecule has 6 aromatic rings. The van der Waals surface area contributed by atoms with Crippen molar-refractivity contribution in [1.29, 1.82) is 0 Å². The Balaban J connectivity index is 0.000000166. The highest BCUT2D eigenvalue weighted by molar-refractivity contribution is 5.97. The summed E-state index contributed by atoms with van der Waals surface area (Å²) in [6, 6.07) is 24.5. The van der Waals surface area contributed by atoms with Gasteiger partial charge in [-0.05, 0) is 70.2 Å². The number of amides is 3. The fourth-order valence-electron chi connectivity index (χ4n) is 11.8. The minimum atomic E-state index is -1.32. The summed E-state index contributed by atoms with van der Waals surface area (Å²) in [4.78, 5) is 74.6. The molecule has 6 aliphatic heterocycles. The second-order valence-electron chi connectivity index (χ2n) is 23.0. The molecule has 8 bridgehead atoms. The Kier molecular flexibility index (Phi) is 12.1. The zero-order valence-electron chi connectivity index (χ0n) is 44.1. The summed E-state index contributed by atoms with van der Waals surface area (Å²) in [7, 11) is 1.17. The predicted molar refractivity (Wildman–Crippen MR) is 278 cm³/mol. The van der Waals surface area contributed by atoms with Gasteiger partial charge in [-0.25, -0.2) is 19.6 Å². The zero-order valence-corrected chi connectivity index (χ0v) is 44.1. The quantitative estimate of drug-likeness (QED) is 0.0852. The van der Waals surface area contributed by atoms with E-state index in [4.69, 9.17) is 28.0 Å². The number of ether oxygens (including phenoxy) is 3. The van der Waals surface area contributed by atoms with Crippen LogP contribution < -0.4 is 36.1 Å². The van der Waals surface area contributed by atoms with Crippen LogP contribution in [0.25, 0.3) is 0 Å². The number of nitrogens with one attached hydrogen (secondary N) is 5. The van der Waals surface area contributed by atoms with Crippen molar-refractivity contribution in [2.75, 3.05) is 24.4 Å². The Morgan fingerprint density at radius 1 is 0.675 bits per heavy atom. The molecule has 4 aromatic carbocycles. The third-order valence-corrected chi connectivity index (χ3v) is 15.7. The molecule has 9 atom stereocenters. The average molecular weight is 1050 g/mol. The van der Waals surface area contributed by atoms with Gasteiger partial charge in [-0.2, -0.15) is 0 Å². The fraction of sp³-hybridized carbons (Fsp3) is 0.397. The molecule has 0 unspecified atom stereocenters. The fourth-order valence-corrected chi connectivity index (χ4v) is 11.8. The number of carbonyl (C=O) groups excluding carboxylic acids is 4. The SMILES string of the molecule is COC(=O)[C@H](CO)NC(=O)c1nc2oc1[C@@]13c4ccccc4N[C@@H]1Oc1ccc(cc13)C[C@H](C)C(=O)N[C@H]2C(C)(C)C.C[C@H]1Cc2ccc3c(c2)[C@@]2(c4ccccc4N[C@@H]2O3)c2oc(nc2C(=O)O)[C@H](C(C)(C)C)NC1=O. The molecular weight excluding hydrogens is 987 g/mol. The molecule has 400 valence electrons. The van der Waals surface area contributed by atoms with Gasteiger partial charge in [0.1, 0.15) is 34.4 Å². The first kappa shape index (κ1) is 50.9. The van der Waals surface area contributed by atoms with E-state index in [1.54, 1.807) is 0 Å². The zero-order chi connectivity index (χ0) is 54.7. The summed E-state index contributed by atoms with van der Waals surface area (Å²) in [5, 5.41) is 35.7. The van der Waals surface area contributed by atoms with Gasteiger partial charge in [0.05, 0.1) is 13.7 Å². The molecule has 0 fully saturated rings. The van der Waals surface area contributed by atoms with Gasteiger partial charge in [0.15, 0.2) is 41.4 Å². The molecule has 0 radical (unpaired) electrons. The lowest BCUT2D eigenvalue weighted by Gasteiger charge is -2.31. The van der Waals surface area contributed by atoms with Gasteiger partial charge in [0, 0.05) is 34.3 Å². The number of carbonyl (C=O) groups is 5. The van der Waals surface area contributed by atoms with E-state index < -0.39 is 76.7 Å². The number of aromatic carboxylic acids is 1. The second-order valence-corrected chi connectivity index (χ2v) is 23.0. The number of aromatic nitrogens is 2. The molecule has 12 rings (SSSR count). The molecule has 2 spiro atoms. The van der Waals surface area contributed by atoms with Gasteiger partial charge in [-0.15, -0.1) is 0 Å². The van der Waals surface area contributed by atoms with Crippen LogP contribution in [-0.4, -0.2) is 82.1 Å². The van der Waals surface area contributed by atoms with Crippen molar-refractivity contribution in [3.8, 4) is 11.5 Å². The molecule has 6 aliphatic rings. The van der Waals surface area contributed by atoms with Crippen LogP contribution in [0.1, 0.15) is 145 Å².